The summed E-state index contributed by atoms with van der Waals surface area (Å²) in [5.74, 6) is -0.560. The summed E-state index contributed by atoms with van der Waals surface area (Å²) in [6.07, 6.45) is 11.9. The molecule has 0 amide bonds. The number of carbonyl (C=O) groups is 1. The SMILES string of the molecule is NCCC1=CCc2cccc(O)c21.NCCC1=CCc2ccccc21.N[C@@H](CC1=CCc2ccccc21)C(=O)O.O.O=C=O. The molecule has 3 aromatic rings. The van der Waals surface area contributed by atoms with Gasteiger partial charge in [0.2, 0.25) is 0 Å². The first-order valence-electron chi connectivity index (χ1n) is 14.3. The van der Waals surface area contributed by atoms with E-state index in [1.54, 1.807) is 6.07 Å². The topological polar surface area (TPSA) is 201 Å². The Kier molecular flexibility index (Phi) is 14.7. The highest BCUT2D eigenvalue weighted by molar-refractivity contribution is 5.80. The van der Waals surface area contributed by atoms with Crippen LogP contribution in [0.3, 0.4) is 0 Å². The predicted molar refractivity (Wildman–Crippen MR) is 172 cm³/mol. The highest BCUT2D eigenvalue weighted by Gasteiger charge is 2.19. The lowest BCUT2D eigenvalue weighted by Gasteiger charge is -2.08. The highest BCUT2D eigenvalue weighted by Crippen LogP contribution is 2.36. The normalized spacial score (nSPS) is 13.6. The summed E-state index contributed by atoms with van der Waals surface area (Å²) in [7, 11) is 0. The van der Waals surface area contributed by atoms with Crippen molar-refractivity contribution in [3.05, 3.63) is 118 Å². The van der Waals surface area contributed by atoms with Gasteiger partial charge in [0.15, 0.2) is 0 Å². The minimum atomic E-state index is -0.944. The van der Waals surface area contributed by atoms with E-state index in [4.69, 9.17) is 31.9 Å². The lowest BCUT2D eigenvalue weighted by molar-refractivity contribution is -0.191. The van der Waals surface area contributed by atoms with Crippen LogP contribution in [0.1, 0.15) is 52.6 Å². The molecule has 6 rings (SSSR count). The third-order valence-electron chi connectivity index (χ3n) is 7.47. The van der Waals surface area contributed by atoms with Gasteiger partial charge in [0.25, 0.3) is 0 Å². The fraction of sp³-hybridized carbons (Fsp3) is 0.257. The quantitative estimate of drug-likeness (QED) is 0.270. The van der Waals surface area contributed by atoms with Gasteiger partial charge < -0.3 is 32.9 Å². The zero-order chi connectivity index (χ0) is 31.2. The molecule has 0 saturated heterocycles. The lowest BCUT2D eigenvalue weighted by atomic mass is 10.0. The number of phenolic OH excluding ortho intramolecular Hbond substituents is 1. The molecule has 0 aliphatic heterocycles. The molecule has 1 atom stereocenters. The van der Waals surface area contributed by atoms with Crippen molar-refractivity contribution in [2.45, 2.75) is 44.6 Å². The zero-order valence-electron chi connectivity index (χ0n) is 24.7. The Bertz CT molecular complexity index is 1540. The van der Waals surface area contributed by atoms with Gasteiger partial charge in [0.1, 0.15) is 11.8 Å². The average molecular weight is 600 g/mol. The van der Waals surface area contributed by atoms with Gasteiger partial charge in [-0.25, -0.2) is 0 Å². The molecule has 0 heterocycles. The summed E-state index contributed by atoms with van der Waals surface area (Å²) in [4.78, 5) is 26.9. The molecule has 232 valence electrons. The second kappa shape index (κ2) is 18.1. The van der Waals surface area contributed by atoms with Gasteiger partial charge in [-0.3, -0.25) is 4.79 Å². The van der Waals surface area contributed by atoms with Crippen LogP contribution in [0.25, 0.3) is 16.7 Å². The van der Waals surface area contributed by atoms with Crippen molar-refractivity contribution in [3.8, 4) is 5.75 Å². The number of allylic oxidation sites excluding steroid dienone is 3. The summed E-state index contributed by atoms with van der Waals surface area (Å²) < 4.78 is 0. The van der Waals surface area contributed by atoms with Gasteiger partial charge in [0, 0.05) is 5.56 Å². The number of hydrogen-bond acceptors (Lipinski definition) is 7. The number of carbonyl (C=O) groups excluding carboxylic acids is 2. The largest absolute Gasteiger partial charge is 0.507 e. The highest BCUT2D eigenvalue weighted by atomic mass is 16.4. The minimum Gasteiger partial charge on any atom is -0.507 e. The van der Waals surface area contributed by atoms with Gasteiger partial charge in [-0.05, 0) is 102 Å². The summed E-state index contributed by atoms with van der Waals surface area (Å²) in [5.41, 5.74) is 27.7. The Morgan fingerprint density at radius 3 is 1.75 bits per heavy atom. The fourth-order valence-electron chi connectivity index (χ4n) is 5.46. The van der Waals surface area contributed by atoms with Crippen LogP contribution in [0, 0.1) is 0 Å². The average Bonchev–Trinajstić information content (AvgIpc) is 3.73. The number of carboxylic acids is 1. The molecule has 0 radical (unpaired) electrons. The van der Waals surface area contributed by atoms with Crippen LogP contribution < -0.4 is 17.2 Å². The van der Waals surface area contributed by atoms with Crippen LogP contribution in [-0.2, 0) is 33.6 Å². The summed E-state index contributed by atoms with van der Waals surface area (Å²) in [6, 6.07) is 21.5. The Morgan fingerprint density at radius 2 is 1.18 bits per heavy atom. The maximum Gasteiger partial charge on any atom is 0.373 e. The zero-order valence-corrected chi connectivity index (χ0v) is 24.7. The van der Waals surface area contributed by atoms with E-state index in [2.05, 4.69) is 54.6 Å². The molecular weight excluding hydrogens is 558 g/mol. The summed E-state index contributed by atoms with van der Waals surface area (Å²) in [5, 5.41) is 18.4. The van der Waals surface area contributed by atoms with Crippen LogP contribution in [0.4, 0.5) is 0 Å². The molecule has 0 bridgehead atoms. The van der Waals surface area contributed by atoms with E-state index < -0.39 is 12.0 Å². The smallest absolute Gasteiger partial charge is 0.373 e. The maximum atomic E-state index is 10.6. The van der Waals surface area contributed by atoms with Crippen LogP contribution in [0.5, 0.6) is 5.75 Å². The molecular formula is C35H41N3O6. The van der Waals surface area contributed by atoms with E-state index in [1.165, 1.54) is 33.4 Å². The van der Waals surface area contributed by atoms with Crippen molar-refractivity contribution in [2.75, 3.05) is 13.1 Å². The number of fused-ring (bicyclic) bond motifs is 3. The van der Waals surface area contributed by atoms with Crippen molar-refractivity contribution >= 4 is 28.8 Å². The number of aromatic hydroxyl groups is 1. The van der Waals surface area contributed by atoms with Crippen LogP contribution in [0.2, 0.25) is 0 Å². The third kappa shape index (κ3) is 9.44. The molecule has 0 unspecified atom stereocenters. The molecule has 3 aliphatic carbocycles. The molecule has 0 saturated carbocycles. The summed E-state index contributed by atoms with van der Waals surface area (Å²) in [6.45, 7) is 1.39. The molecule has 9 nitrogen and oxygen atoms in total. The first-order chi connectivity index (χ1) is 20.8. The number of phenols is 1. The predicted octanol–water partition coefficient (Wildman–Crippen LogP) is 3.68. The fourth-order valence-corrected chi connectivity index (χ4v) is 5.46. The molecule has 9 heteroatoms. The van der Waals surface area contributed by atoms with E-state index in [0.717, 1.165) is 55.3 Å². The second-order valence-electron chi connectivity index (χ2n) is 10.2. The van der Waals surface area contributed by atoms with Crippen LogP contribution in [0.15, 0.2) is 85.0 Å². The van der Waals surface area contributed by atoms with E-state index in [-0.39, 0.29) is 11.6 Å². The molecule has 0 spiro atoms. The van der Waals surface area contributed by atoms with Crippen molar-refractivity contribution < 1.29 is 30.1 Å². The number of aliphatic carboxylic acids is 1. The molecule has 10 N–H and O–H groups in total. The van der Waals surface area contributed by atoms with Crippen molar-refractivity contribution in [2.24, 2.45) is 17.2 Å². The van der Waals surface area contributed by atoms with Gasteiger partial charge in [-0.2, -0.15) is 9.59 Å². The Labute approximate surface area is 257 Å². The third-order valence-corrected chi connectivity index (χ3v) is 7.47. The Morgan fingerprint density at radius 1 is 0.727 bits per heavy atom. The second-order valence-corrected chi connectivity index (χ2v) is 10.2. The van der Waals surface area contributed by atoms with Crippen LogP contribution in [-0.4, -0.2) is 46.9 Å². The van der Waals surface area contributed by atoms with Crippen molar-refractivity contribution in [1.82, 2.24) is 0 Å². The number of rotatable bonds is 7. The molecule has 0 aromatic heterocycles. The summed E-state index contributed by atoms with van der Waals surface area (Å²) >= 11 is 0. The van der Waals surface area contributed by atoms with E-state index in [0.29, 0.717) is 18.7 Å². The van der Waals surface area contributed by atoms with Gasteiger partial charge in [-0.15, -0.1) is 0 Å². The van der Waals surface area contributed by atoms with Crippen LogP contribution >= 0.6 is 0 Å². The monoisotopic (exact) mass is 599 g/mol. The van der Waals surface area contributed by atoms with Gasteiger partial charge in [0.05, 0.1) is 0 Å². The van der Waals surface area contributed by atoms with E-state index >= 15 is 0 Å². The number of hydrogen-bond donors (Lipinski definition) is 5. The van der Waals surface area contributed by atoms with E-state index in [9.17, 15) is 9.90 Å². The van der Waals surface area contributed by atoms with Gasteiger partial charge >= 0.3 is 12.1 Å². The molecule has 3 aromatic carbocycles. The van der Waals surface area contributed by atoms with Crippen molar-refractivity contribution in [1.29, 1.82) is 0 Å². The van der Waals surface area contributed by atoms with E-state index in [1.807, 2.05) is 24.3 Å². The minimum absolute atomic E-state index is 0. The molecule has 3 aliphatic rings. The van der Waals surface area contributed by atoms with Crippen molar-refractivity contribution in [3.63, 3.8) is 0 Å². The number of carboxylic acid groups (broad SMARTS) is 1. The standard InChI is InChI=1S/C12H13NO2.C11H13NO.C11H13N.CO2.H2O/c13-11(12(14)15)7-9-6-5-8-3-1-2-4-10(8)9;12-7-6-9-5-4-8-2-1-3-10(13)11(8)9;12-8-7-10-6-5-9-3-1-2-4-11(9)10;2-1-3;/h1-4,6,11H,5,7,13H2,(H,14,15);1-3,5,13H,4,6-7,12H2;1-4,6H,5,7-8,12H2;;1H2/t11-;;;;/m0..../s1. The maximum absolute atomic E-state index is 10.6. The number of benzene rings is 3. The number of nitrogens with two attached hydrogens (primary N) is 3. The first kappa shape index (κ1) is 35.6. The molecule has 44 heavy (non-hydrogen) atoms. The van der Waals surface area contributed by atoms with Gasteiger partial charge in [-0.1, -0.05) is 78.9 Å². The first-order valence-corrected chi connectivity index (χ1v) is 14.3. The molecule has 0 fully saturated rings. The Hall–Kier alpha value is -4.63. The lowest BCUT2D eigenvalue weighted by Crippen LogP contribution is -2.30. The Balaban J connectivity index is 0.000000219.